The number of amides is 1. The van der Waals surface area contributed by atoms with E-state index >= 15 is 0 Å². The van der Waals surface area contributed by atoms with Gasteiger partial charge in [0.1, 0.15) is 18.4 Å². The van der Waals surface area contributed by atoms with Crippen molar-refractivity contribution in [2.45, 2.75) is 18.7 Å². The number of hydrogen-bond donors (Lipinski definition) is 2. The number of rotatable bonds is 6. The van der Waals surface area contributed by atoms with Gasteiger partial charge < -0.3 is 19.8 Å². The zero-order chi connectivity index (χ0) is 18.7. The molecule has 1 aliphatic rings. The van der Waals surface area contributed by atoms with E-state index in [1.807, 2.05) is 36.4 Å². The van der Waals surface area contributed by atoms with Gasteiger partial charge in [-0.2, -0.15) is 5.26 Å². The predicted molar refractivity (Wildman–Crippen MR) is 90.2 cm³/mol. The number of nitriles is 1. The molecule has 1 heterocycles. The summed E-state index contributed by atoms with van der Waals surface area (Å²) in [5.41, 5.74) is 1.44. The van der Waals surface area contributed by atoms with Gasteiger partial charge in [0.05, 0.1) is 18.2 Å². The van der Waals surface area contributed by atoms with Crippen LogP contribution >= 0.6 is 0 Å². The molecule has 0 radical (unpaired) electrons. The number of carbonyl (C=O) groups excluding carboxylic acids is 1. The molecule has 0 bridgehead atoms. The van der Waals surface area contributed by atoms with Gasteiger partial charge in [-0.15, -0.1) is 0 Å². The fourth-order valence-electron chi connectivity index (χ4n) is 2.99. The summed E-state index contributed by atoms with van der Waals surface area (Å²) >= 11 is 0. The minimum Gasteiger partial charge on any atom is -0.488 e. The third-order valence-corrected chi connectivity index (χ3v) is 4.23. The lowest BCUT2D eigenvalue weighted by Crippen LogP contribution is -2.45. The Bertz CT molecular complexity index is 875. The van der Waals surface area contributed by atoms with Crippen molar-refractivity contribution in [3.63, 3.8) is 0 Å². The molecule has 132 valence electrons. The summed E-state index contributed by atoms with van der Waals surface area (Å²) in [6, 6.07) is 13.6. The Kier molecular flexibility index (Phi) is 4.87. The first-order chi connectivity index (χ1) is 12.6. The lowest BCUT2D eigenvalue weighted by atomic mass is 10.0. The molecule has 2 atom stereocenters. The lowest BCUT2D eigenvalue weighted by molar-refractivity contribution is -0.144. The van der Waals surface area contributed by atoms with E-state index in [1.165, 1.54) is 0 Å². The normalized spacial score (nSPS) is 16.7. The lowest BCUT2D eigenvalue weighted by Gasteiger charge is -2.25. The number of nitrogens with zero attached hydrogens (tertiary/aromatic N) is 2. The van der Waals surface area contributed by atoms with E-state index in [-0.39, 0.29) is 17.9 Å². The van der Waals surface area contributed by atoms with E-state index in [2.05, 4.69) is 0 Å². The molecule has 2 aromatic carbocycles. The van der Waals surface area contributed by atoms with Gasteiger partial charge in [0.15, 0.2) is 6.04 Å². The van der Waals surface area contributed by atoms with Crippen molar-refractivity contribution in [1.29, 1.82) is 5.26 Å². The average Bonchev–Trinajstić information content (AvgIpc) is 2.94. The molecule has 3 rings (SSSR count). The summed E-state index contributed by atoms with van der Waals surface area (Å²) in [5.74, 6) is -1.74. The predicted octanol–water partition coefficient (Wildman–Crippen LogP) is 1.73. The van der Waals surface area contributed by atoms with Gasteiger partial charge in [0.25, 0.3) is 5.91 Å². The van der Waals surface area contributed by atoms with Crippen molar-refractivity contribution in [2.24, 2.45) is 0 Å². The number of fused-ring (bicyclic) bond motifs is 1. The number of carboxylic acid groups (broad SMARTS) is 1. The van der Waals surface area contributed by atoms with Gasteiger partial charge in [-0.25, -0.2) is 4.79 Å². The Morgan fingerprint density at radius 1 is 1.23 bits per heavy atom. The molecule has 7 nitrogen and oxygen atoms in total. The van der Waals surface area contributed by atoms with Crippen molar-refractivity contribution in [2.75, 3.05) is 6.61 Å². The maximum Gasteiger partial charge on any atom is 0.328 e. The molecule has 2 aromatic rings. The van der Waals surface area contributed by atoms with Crippen LogP contribution in [-0.4, -0.2) is 39.6 Å². The number of aliphatic hydroxyl groups excluding tert-OH is 1. The maximum absolute atomic E-state index is 12.8. The largest absolute Gasteiger partial charge is 0.488 e. The first kappa shape index (κ1) is 17.5. The number of aliphatic carboxylic acids is 1. The zero-order valence-corrected chi connectivity index (χ0v) is 13.7. The molecule has 2 unspecified atom stereocenters. The average molecular weight is 352 g/mol. The highest BCUT2D eigenvalue weighted by atomic mass is 16.5. The topological polar surface area (TPSA) is 111 Å². The van der Waals surface area contributed by atoms with Crippen molar-refractivity contribution in [3.8, 4) is 11.8 Å². The Balaban J connectivity index is 1.95. The molecular formula is C19H16N2O5. The first-order valence-corrected chi connectivity index (χ1v) is 7.94. The van der Waals surface area contributed by atoms with Crippen LogP contribution in [0.4, 0.5) is 0 Å². The number of benzene rings is 2. The second-order valence-corrected chi connectivity index (χ2v) is 5.78. The summed E-state index contributed by atoms with van der Waals surface area (Å²) in [5, 5.41) is 28.1. The van der Waals surface area contributed by atoms with Crippen LogP contribution in [0, 0.1) is 11.3 Å². The van der Waals surface area contributed by atoms with Crippen molar-refractivity contribution >= 4 is 11.9 Å². The van der Waals surface area contributed by atoms with Crippen LogP contribution in [0.2, 0.25) is 0 Å². The van der Waals surface area contributed by atoms with Crippen LogP contribution in [0.1, 0.15) is 27.5 Å². The molecule has 26 heavy (non-hydrogen) atoms. The fourth-order valence-corrected chi connectivity index (χ4v) is 2.99. The van der Waals surface area contributed by atoms with Crippen molar-refractivity contribution in [3.05, 3.63) is 65.2 Å². The van der Waals surface area contributed by atoms with E-state index < -0.39 is 30.6 Å². The SMILES string of the molecule is N#CC1c2cccc(OCc3ccccc3)c2C(=O)N1C(CO)C(=O)O. The molecule has 7 heteroatoms. The zero-order valence-electron chi connectivity index (χ0n) is 13.7. The molecule has 0 saturated carbocycles. The quantitative estimate of drug-likeness (QED) is 0.819. The highest BCUT2D eigenvalue weighted by Gasteiger charge is 2.45. The van der Waals surface area contributed by atoms with Gasteiger partial charge in [0, 0.05) is 5.56 Å². The minimum absolute atomic E-state index is 0.162. The molecule has 0 fully saturated rings. The van der Waals surface area contributed by atoms with E-state index in [4.69, 9.17) is 4.74 Å². The van der Waals surface area contributed by atoms with E-state index in [1.54, 1.807) is 18.2 Å². The molecule has 2 N–H and O–H groups in total. The Hall–Kier alpha value is -3.37. The number of aliphatic hydroxyl groups is 1. The molecule has 0 aromatic heterocycles. The highest BCUT2D eigenvalue weighted by Crippen LogP contribution is 2.39. The fraction of sp³-hybridized carbons (Fsp3) is 0.211. The molecule has 0 saturated heterocycles. The minimum atomic E-state index is -1.50. The summed E-state index contributed by atoms with van der Waals surface area (Å²) < 4.78 is 5.75. The van der Waals surface area contributed by atoms with Crippen LogP contribution in [0.5, 0.6) is 5.75 Å². The number of carboxylic acids is 1. The molecular weight excluding hydrogens is 336 g/mol. The van der Waals surface area contributed by atoms with Crippen LogP contribution in [0.3, 0.4) is 0 Å². The van der Waals surface area contributed by atoms with Crippen LogP contribution in [0.25, 0.3) is 0 Å². The van der Waals surface area contributed by atoms with Crippen molar-refractivity contribution in [1.82, 2.24) is 4.90 Å². The maximum atomic E-state index is 12.8. The van der Waals surface area contributed by atoms with E-state index in [0.717, 1.165) is 10.5 Å². The molecule has 1 aliphatic heterocycles. The molecule has 1 amide bonds. The van der Waals surface area contributed by atoms with Crippen LogP contribution < -0.4 is 4.74 Å². The van der Waals surface area contributed by atoms with Gasteiger partial charge in [-0.1, -0.05) is 42.5 Å². The standard InChI is InChI=1S/C19H16N2O5/c20-9-14-13-7-4-8-16(26-11-12-5-2-1-3-6-12)17(13)18(23)21(14)15(10-22)19(24)25/h1-8,14-15,22H,10-11H2,(H,24,25). The second kappa shape index (κ2) is 7.25. The molecule has 0 aliphatic carbocycles. The van der Waals surface area contributed by atoms with Gasteiger partial charge >= 0.3 is 5.97 Å². The summed E-state index contributed by atoms with van der Waals surface area (Å²) in [7, 11) is 0. The third-order valence-electron chi connectivity index (χ3n) is 4.23. The number of ether oxygens (including phenoxy) is 1. The Morgan fingerprint density at radius 2 is 1.96 bits per heavy atom. The summed E-state index contributed by atoms with van der Waals surface area (Å²) in [6.07, 6.45) is 0. The summed E-state index contributed by atoms with van der Waals surface area (Å²) in [4.78, 5) is 25.1. The van der Waals surface area contributed by atoms with Gasteiger partial charge in [-0.05, 0) is 11.6 Å². The van der Waals surface area contributed by atoms with Crippen LogP contribution in [-0.2, 0) is 11.4 Å². The van der Waals surface area contributed by atoms with E-state index in [0.29, 0.717) is 5.56 Å². The van der Waals surface area contributed by atoms with E-state index in [9.17, 15) is 25.1 Å². The third kappa shape index (κ3) is 2.98. The number of carbonyl (C=O) groups is 2. The first-order valence-electron chi connectivity index (χ1n) is 7.94. The van der Waals surface area contributed by atoms with Gasteiger partial charge in [-0.3, -0.25) is 4.79 Å². The van der Waals surface area contributed by atoms with Gasteiger partial charge in [0.2, 0.25) is 0 Å². The summed E-state index contributed by atoms with van der Waals surface area (Å²) in [6.45, 7) is -0.558. The second-order valence-electron chi connectivity index (χ2n) is 5.78. The Labute approximate surface area is 149 Å². The smallest absolute Gasteiger partial charge is 0.328 e. The number of hydrogen-bond acceptors (Lipinski definition) is 5. The highest BCUT2D eigenvalue weighted by molar-refractivity contribution is 6.04. The molecule has 0 spiro atoms. The monoisotopic (exact) mass is 352 g/mol. The van der Waals surface area contributed by atoms with Crippen LogP contribution in [0.15, 0.2) is 48.5 Å². The van der Waals surface area contributed by atoms with Crippen molar-refractivity contribution < 1.29 is 24.5 Å². The Morgan fingerprint density at radius 3 is 2.58 bits per heavy atom.